The number of carbonyl (C=O) groups is 1. The lowest BCUT2D eigenvalue weighted by Crippen LogP contribution is -2.27. The first-order valence-corrected chi connectivity index (χ1v) is 8.83. The van der Waals surface area contributed by atoms with Gasteiger partial charge in [-0.05, 0) is 18.6 Å². The highest BCUT2D eigenvalue weighted by atomic mass is 16.6. The summed E-state index contributed by atoms with van der Waals surface area (Å²) in [7, 11) is 1.60. The molecule has 1 N–H and O–H groups in total. The number of carbonyl (C=O) groups excluding carboxylic acids is 1. The maximum absolute atomic E-state index is 12.6. The number of nitrogens with zero attached hydrogens (tertiary/aromatic N) is 6. The quantitative estimate of drug-likeness (QED) is 0.412. The summed E-state index contributed by atoms with van der Waals surface area (Å²) < 4.78 is 2.81. The van der Waals surface area contributed by atoms with Crippen molar-refractivity contribution in [2.24, 2.45) is 7.05 Å². The summed E-state index contributed by atoms with van der Waals surface area (Å²) in [6.07, 6.45) is 2.91. The first-order chi connectivity index (χ1) is 13.9. The van der Waals surface area contributed by atoms with Crippen molar-refractivity contribution in [1.82, 2.24) is 29.7 Å². The first-order valence-electron chi connectivity index (χ1n) is 8.83. The zero-order chi connectivity index (χ0) is 20.5. The van der Waals surface area contributed by atoms with Crippen molar-refractivity contribution in [3.8, 4) is 11.4 Å². The van der Waals surface area contributed by atoms with E-state index in [1.807, 2.05) is 37.3 Å². The second kappa shape index (κ2) is 7.15. The van der Waals surface area contributed by atoms with Gasteiger partial charge in [0, 0.05) is 19.3 Å². The summed E-state index contributed by atoms with van der Waals surface area (Å²) >= 11 is 0. The molecule has 0 saturated carbocycles. The largest absolute Gasteiger partial charge is 0.344 e. The van der Waals surface area contributed by atoms with Crippen LogP contribution in [0.4, 0.5) is 5.69 Å². The van der Waals surface area contributed by atoms with Crippen LogP contribution >= 0.6 is 0 Å². The third kappa shape index (κ3) is 3.55. The fourth-order valence-electron chi connectivity index (χ4n) is 3.01. The van der Waals surface area contributed by atoms with Gasteiger partial charge in [-0.25, -0.2) is 9.50 Å². The Morgan fingerprint density at radius 1 is 1.21 bits per heavy atom. The molecule has 0 fully saturated rings. The van der Waals surface area contributed by atoms with Crippen molar-refractivity contribution in [2.45, 2.75) is 13.0 Å². The lowest BCUT2D eigenvalue weighted by molar-refractivity contribution is -0.384. The van der Waals surface area contributed by atoms with Gasteiger partial charge in [-0.2, -0.15) is 10.2 Å². The highest BCUT2D eigenvalue weighted by Crippen LogP contribution is 2.26. The molecule has 1 amide bonds. The number of benzene rings is 1. The van der Waals surface area contributed by atoms with Gasteiger partial charge in [-0.15, -0.1) is 0 Å². The zero-order valence-electron chi connectivity index (χ0n) is 15.7. The molecule has 0 radical (unpaired) electrons. The molecule has 0 aliphatic rings. The van der Waals surface area contributed by atoms with Crippen molar-refractivity contribution in [1.29, 1.82) is 0 Å². The Morgan fingerprint density at radius 2 is 1.97 bits per heavy atom. The molecule has 0 aliphatic heterocycles. The second-order valence-electron chi connectivity index (χ2n) is 6.54. The molecule has 1 aromatic carbocycles. The molecule has 10 nitrogen and oxygen atoms in total. The van der Waals surface area contributed by atoms with Crippen molar-refractivity contribution in [3.05, 3.63) is 76.2 Å². The fourth-order valence-corrected chi connectivity index (χ4v) is 3.01. The molecule has 0 spiro atoms. The Kier molecular flexibility index (Phi) is 4.51. The Morgan fingerprint density at radius 3 is 2.69 bits per heavy atom. The van der Waals surface area contributed by atoms with Crippen LogP contribution in [0, 0.1) is 10.1 Å². The van der Waals surface area contributed by atoms with E-state index in [0.29, 0.717) is 11.3 Å². The van der Waals surface area contributed by atoms with E-state index in [1.165, 1.54) is 21.5 Å². The maximum Gasteiger partial charge on any atom is 0.316 e. The number of rotatable bonds is 5. The molecular weight excluding hydrogens is 374 g/mol. The van der Waals surface area contributed by atoms with Gasteiger partial charge < -0.3 is 5.32 Å². The Hall–Kier alpha value is -4.08. The van der Waals surface area contributed by atoms with Gasteiger partial charge in [-0.3, -0.25) is 19.6 Å². The number of nitro groups is 1. The smallest absolute Gasteiger partial charge is 0.316 e. The van der Waals surface area contributed by atoms with E-state index in [2.05, 4.69) is 20.5 Å². The predicted octanol–water partition coefficient (Wildman–Crippen LogP) is 2.53. The maximum atomic E-state index is 12.6. The van der Waals surface area contributed by atoms with Crippen LogP contribution in [-0.4, -0.2) is 35.2 Å². The van der Waals surface area contributed by atoms with E-state index in [4.69, 9.17) is 0 Å². The normalized spacial score (nSPS) is 12.1. The topological polar surface area (TPSA) is 120 Å². The van der Waals surface area contributed by atoms with E-state index >= 15 is 0 Å². The van der Waals surface area contributed by atoms with Gasteiger partial charge in [0.25, 0.3) is 5.91 Å². The first kappa shape index (κ1) is 18.3. The van der Waals surface area contributed by atoms with Gasteiger partial charge in [0.05, 0.1) is 11.0 Å². The predicted molar refractivity (Wildman–Crippen MR) is 104 cm³/mol. The van der Waals surface area contributed by atoms with Crippen molar-refractivity contribution in [2.75, 3.05) is 0 Å². The average Bonchev–Trinajstić information content (AvgIpc) is 3.31. The summed E-state index contributed by atoms with van der Waals surface area (Å²) in [5.74, 6) is -0.336. The third-order valence-corrected chi connectivity index (χ3v) is 4.45. The van der Waals surface area contributed by atoms with Crippen LogP contribution in [0.2, 0.25) is 0 Å². The standard InChI is InChI=1S/C19H17N7O3/c1-12(13-6-4-3-5-7-13)20-19(27)15-10-17-21-14(8-9-25(17)22-15)18-16(26(28)29)11-24(2)23-18/h3-12H,1-2H3,(H,20,27). The van der Waals surface area contributed by atoms with E-state index < -0.39 is 4.92 Å². The summed E-state index contributed by atoms with van der Waals surface area (Å²) in [6, 6.07) is 12.5. The van der Waals surface area contributed by atoms with Crippen LogP contribution < -0.4 is 5.32 Å². The molecule has 0 aliphatic carbocycles. The van der Waals surface area contributed by atoms with Crippen LogP contribution in [0.1, 0.15) is 29.0 Å². The molecule has 4 aromatic rings. The summed E-state index contributed by atoms with van der Waals surface area (Å²) in [4.78, 5) is 27.7. The molecule has 3 aromatic heterocycles. The minimum Gasteiger partial charge on any atom is -0.344 e. The lowest BCUT2D eigenvalue weighted by Gasteiger charge is -2.12. The SMILES string of the molecule is CC(NC(=O)c1cc2nc(-c3nn(C)cc3[N+](=O)[O-])ccn2n1)c1ccccc1. The van der Waals surface area contributed by atoms with Crippen LogP contribution in [0.5, 0.6) is 0 Å². The van der Waals surface area contributed by atoms with Crippen molar-refractivity contribution in [3.63, 3.8) is 0 Å². The number of fused-ring (bicyclic) bond motifs is 1. The molecule has 0 bridgehead atoms. The molecule has 4 rings (SSSR count). The molecule has 29 heavy (non-hydrogen) atoms. The number of nitrogens with one attached hydrogen (secondary N) is 1. The van der Waals surface area contributed by atoms with E-state index in [9.17, 15) is 14.9 Å². The van der Waals surface area contributed by atoms with E-state index in [0.717, 1.165) is 5.56 Å². The minimum atomic E-state index is -0.506. The second-order valence-corrected chi connectivity index (χ2v) is 6.54. The number of hydrogen-bond acceptors (Lipinski definition) is 6. The van der Waals surface area contributed by atoms with Gasteiger partial charge in [0.2, 0.25) is 0 Å². The van der Waals surface area contributed by atoms with Gasteiger partial charge >= 0.3 is 5.69 Å². The van der Waals surface area contributed by atoms with Crippen LogP contribution in [-0.2, 0) is 7.05 Å². The van der Waals surface area contributed by atoms with E-state index in [-0.39, 0.29) is 29.0 Å². The lowest BCUT2D eigenvalue weighted by atomic mass is 10.1. The number of hydrogen-bond donors (Lipinski definition) is 1. The molecule has 0 saturated heterocycles. The van der Waals surface area contributed by atoms with Crippen LogP contribution in [0.25, 0.3) is 17.0 Å². The summed E-state index contributed by atoms with van der Waals surface area (Å²) in [5, 5.41) is 22.5. The van der Waals surface area contributed by atoms with E-state index in [1.54, 1.807) is 19.3 Å². The number of amides is 1. The van der Waals surface area contributed by atoms with Crippen molar-refractivity contribution < 1.29 is 9.72 Å². The minimum absolute atomic E-state index is 0.140. The Labute approximate surface area is 165 Å². The molecule has 1 unspecified atom stereocenters. The monoisotopic (exact) mass is 391 g/mol. The van der Waals surface area contributed by atoms with Crippen molar-refractivity contribution >= 4 is 17.2 Å². The summed E-state index contributed by atoms with van der Waals surface area (Å²) in [6.45, 7) is 1.89. The van der Waals surface area contributed by atoms with Crippen LogP contribution in [0.15, 0.2) is 54.9 Å². The number of aromatic nitrogens is 5. The fraction of sp³-hybridized carbons (Fsp3) is 0.158. The summed E-state index contributed by atoms with van der Waals surface area (Å²) in [5.41, 5.74) is 1.91. The molecule has 1 atom stereocenters. The molecular formula is C19H17N7O3. The highest BCUT2D eigenvalue weighted by molar-refractivity contribution is 5.93. The Balaban J connectivity index is 1.62. The number of aryl methyl sites for hydroxylation is 1. The molecule has 10 heteroatoms. The molecule has 146 valence electrons. The average molecular weight is 391 g/mol. The third-order valence-electron chi connectivity index (χ3n) is 4.45. The zero-order valence-corrected chi connectivity index (χ0v) is 15.7. The van der Waals surface area contributed by atoms with Crippen LogP contribution in [0.3, 0.4) is 0 Å². The van der Waals surface area contributed by atoms with Gasteiger partial charge in [-0.1, -0.05) is 30.3 Å². The van der Waals surface area contributed by atoms with Gasteiger partial charge in [0.1, 0.15) is 11.9 Å². The molecule has 3 heterocycles. The Bertz CT molecular complexity index is 1210. The highest BCUT2D eigenvalue weighted by Gasteiger charge is 2.22. The van der Waals surface area contributed by atoms with Gasteiger partial charge in [0.15, 0.2) is 17.0 Å².